The molecule has 0 radical (unpaired) electrons. The van der Waals surface area contributed by atoms with Gasteiger partial charge in [-0.2, -0.15) is 0 Å². The minimum atomic E-state index is 0.633. The summed E-state index contributed by atoms with van der Waals surface area (Å²) in [4.78, 5) is 2.28. The van der Waals surface area contributed by atoms with Crippen LogP contribution in [0.5, 0.6) is 5.75 Å². The zero-order valence-corrected chi connectivity index (χ0v) is 19.5. The first-order valence-electron chi connectivity index (χ1n) is 12.6. The van der Waals surface area contributed by atoms with Gasteiger partial charge in [0.05, 0.1) is 0 Å². The molecule has 0 aliphatic carbocycles. The molecule has 0 amide bonds. The maximum Gasteiger partial charge on any atom is 0.161 e. The summed E-state index contributed by atoms with van der Waals surface area (Å²) in [6.07, 6.45) is 20.6. The summed E-state index contributed by atoms with van der Waals surface area (Å²) in [5, 5.41) is 0. The van der Waals surface area contributed by atoms with Crippen molar-refractivity contribution >= 4 is 5.69 Å². The Balaban J connectivity index is 1.26. The molecule has 31 heavy (non-hydrogen) atoms. The lowest BCUT2D eigenvalue weighted by Crippen LogP contribution is -2.31. The Labute approximate surface area is 190 Å². The van der Waals surface area contributed by atoms with Crippen LogP contribution in [0.4, 0.5) is 5.69 Å². The molecule has 0 fully saturated rings. The van der Waals surface area contributed by atoms with Crippen molar-refractivity contribution in [1.82, 2.24) is 0 Å². The number of allylic oxidation sites excluding steroid dienone is 2. The first-order chi connectivity index (χ1) is 15.4. The lowest BCUT2D eigenvalue weighted by molar-refractivity contribution is 0.289. The van der Waals surface area contributed by atoms with Crippen LogP contribution in [0.2, 0.25) is 0 Å². The fraction of sp³-hybridized carbons (Fsp3) is 0.517. The number of hydrogen-bond donors (Lipinski definition) is 0. The molecule has 0 bridgehead atoms. The summed E-state index contributed by atoms with van der Waals surface area (Å²) >= 11 is 0. The van der Waals surface area contributed by atoms with E-state index in [2.05, 4.69) is 72.5 Å². The average molecular weight is 420 g/mol. The standard InChI is InChI=1S/C29H41NO/c1-2-3-4-5-6-7-8-9-10-11-12-13-15-18-26-21-22-27-24-30(25-31-29(27)23-26)28-19-16-14-17-20-28/h7-8,14,16-17,19-23H,2-6,9-13,15,18,24-25H2,1H3/b8-7-. The van der Waals surface area contributed by atoms with Crippen molar-refractivity contribution in [2.75, 3.05) is 11.6 Å². The molecule has 1 aliphatic rings. The maximum absolute atomic E-state index is 6.07. The number of nitrogens with zero attached hydrogens (tertiary/aromatic N) is 1. The van der Waals surface area contributed by atoms with Crippen LogP contribution in [0.3, 0.4) is 0 Å². The summed E-state index contributed by atoms with van der Waals surface area (Å²) in [5.41, 5.74) is 3.93. The number of benzene rings is 2. The van der Waals surface area contributed by atoms with Gasteiger partial charge in [0.15, 0.2) is 6.73 Å². The fourth-order valence-electron chi connectivity index (χ4n) is 4.27. The molecule has 3 rings (SSSR count). The van der Waals surface area contributed by atoms with E-state index in [0.29, 0.717) is 6.73 Å². The van der Waals surface area contributed by atoms with Gasteiger partial charge in [-0.05, 0) is 62.3 Å². The highest BCUT2D eigenvalue weighted by molar-refractivity contribution is 5.50. The molecule has 2 aromatic carbocycles. The van der Waals surface area contributed by atoms with Crippen LogP contribution in [0.1, 0.15) is 88.7 Å². The van der Waals surface area contributed by atoms with Crippen molar-refractivity contribution < 1.29 is 4.74 Å². The molecule has 0 saturated heterocycles. The predicted octanol–water partition coefficient (Wildman–Crippen LogP) is 8.45. The molecule has 2 aromatic rings. The highest BCUT2D eigenvalue weighted by atomic mass is 16.5. The third-order valence-corrected chi connectivity index (χ3v) is 6.22. The highest BCUT2D eigenvalue weighted by Gasteiger charge is 2.17. The molecule has 168 valence electrons. The SMILES string of the molecule is CCCCCC/C=C\CCCCCCCc1ccc2c(c1)OCN(c1ccccc1)C2. The van der Waals surface area contributed by atoms with Crippen molar-refractivity contribution in [3.05, 3.63) is 71.8 Å². The second-order valence-electron chi connectivity index (χ2n) is 8.88. The Morgan fingerprint density at radius 2 is 1.52 bits per heavy atom. The van der Waals surface area contributed by atoms with E-state index >= 15 is 0 Å². The van der Waals surface area contributed by atoms with Crippen LogP contribution in [0, 0.1) is 0 Å². The van der Waals surface area contributed by atoms with E-state index in [4.69, 9.17) is 4.74 Å². The van der Waals surface area contributed by atoms with Crippen LogP contribution in [0.25, 0.3) is 0 Å². The van der Waals surface area contributed by atoms with E-state index in [0.717, 1.165) is 18.7 Å². The second-order valence-corrected chi connectivity index (χ2v) is 8.88. The zero-order chi connectivity index (χ0) is 21.6. The molecule has 1 aliphatic heterocycles. The molecule has 2 nitrogen and oxygen atoms in total. The van der Waals surface area contributed by atoms with Gasteiger partial charge in [0.1, 0.15) is 5.75 Å². The van der Waals surface area contributed by atoms with Crippen LogP contribution < -0.4 is 9.64 Å². The lowest BCUT2D eigenvalue weighted by atomic mass is 10.0. The Kier molecular flexibility index (Phi) is 10.6. The number of fused-ring (bicyclic) bond motifs is 1. The Morgan fingerprint density at radius 1 is 0.806 bits per heavy atom. The summed E-state index contributed by atoms with van der Waals surface area (Å²) in [7, 11) is 0. The van der Waals surface area contributed by atoms with Gasteiger partial charge in [0, 0.05) is 17.8 Å². The largest absolute Gasteiger partial charge is 0.473 e. The number of ether oxygens (including phenoxy) is 1. The van der Waals surface area contributed by atoms with Gasteiger partial charge >= 0.3 is 0 Å². The summed E-state index contributed by atoms with van der Waals surface area (Å²) in [6, 6.07) is 17.3. The van der Waals surface area contributed by atoms with E-state index < -0.39 is 0 Å². The van der Waals surface area contributed by atoms with Crippen LogP contribution in [-0.2, 0) is 13.0 Å². The van der Waals surface area contributed by atoms with E-state index in [1.165, 1.54) is 87.4 Å². The Morgan fingerprint density at radius 3 is 2.29 bits per heavy atom. The number of rotatable bonds is 14. The molecule has 2 heteroatoms. The van der Waals surface area contributed by atoms with Crippen molar-refractivity contribution in [3.63, 3.8) is 0 Å². The summed E-state index contributed by atoms with van der Waals surface area (Å²) in [6.45, 7) is 3.83. The van der Waals surface area contributed by atoms with Crippen molar-refractivity contribution in [3.8, 4) is 5.75 Å². The molecule has 0 N–H and O–H groups in total. The average Bonchev–Trinajstić information content (AvgIpc) is 2.82. The quantitative estimate of drug-likeness (QED) is 0.225. The van der Waals surface area contributed by atoms with E-state index in [1.54, 1.807) is 0 Å². The normalized spacial score (nSPS) is 13.4. The number of anilines is 1. The monoisotopic (exact) mass is 419 g/mol. The Hall–Kier alpha value is -2.22. The maximum atomic E-state index is 6.07. The van der Waals surface area contributed by atoms with Gasteiger partial charge in [0.2, 0.25) is 0 Å². The van der Waals surface area contributed by atoms with Crippen molar-refractivity contribution in [2.45, 2.75) is 90.5 Å². The van der Waals surface area contributed by atoms with E-state index in [1.807, 2.05) is 0 Å². The van der Waals surface area contributed by atoms with Crippen LogP contribution in [-0.4, -0.2) is 6.73 Å². The molecule has 0 unspecified atom stereocenters. The van der Waals surface area contributed by atoms with Crippen molar-refractivity contribution in [2.24, 2.45) is 0 Å². The molecule has 0 spiro atoms. The van der Waals surface area contributed by atoms with Crippen LogP contribution >= 0.6 is 0 Å². The van der Waals surface area contributed by atoms with Crippen LogP contribution in [0.15, 0.2) is 60.7 Å². The fourth-order valence-corrected chi connectivity index (χ4v) is 4.27. The second kappa shape index (κ2) is 14.0. The number of hydrogen-bond acceptors (Lipinski definition) is 2. The van der Waals surface area contributed by atoms with Gasteiger partial charge in [-0.3, -0.25) is 0 Å². The molecular formula is C29H41NO. The molecule has 0 saturated carbocycles. The van der Waals surface area contributed by atoms with Gasteiger partial charge in [-0.15, -0.1) is 0 Å². The predicted molar refractivity (Wildman–Crippen MR) is 134 cm³/mol. The number of para-hydroxylation sites is 1. The van der Waals surface area contributed by atoms with Gasteiger partial charge in [0.25, 0.3) is 0 Å². The summed E-state index contributed by atoms with van der Waals surface area (Å²) < 4.78 is 6.07. The van der Waals surface area contributed by atoms with Gasteiger partial charge < -0.3 is 9.64 Å². The lowest BCUT2D eigenvalue weighted by Gasteiger charge is -2.31. The first kappa shape index (κ1) is 23.4. The minimum Gasteiger partial charge on any atom is -0.473 e. The molecular weight excluding hydrogens is 378 g/mol. The third kappa shape index (κ3) is 8.44. The van der Waals surface area contributed by atoms with Crippen molar-refractivity contribution in [1.29, 1.82) is 0 Å². The minimum absolute atomic E-state index is 0.633. The number of aryl methyl sites for hydroxylation is 1. The summed E-state index contributed by atoms with van der Waals surface area (Å²) in [5.74, 6) is 1.08. The Bertz CT molecular complexity index is 768. The van der Waals surface area contributed by atoms with E-state index in [9.17, 15) is 0 Å². The topological polar surface area (TPSA) is 12.5 Å². The zero-order valence-electron chi connectivity index (χ0n) is 19.5. The molecule has 0 atom stereocenters. The molecule has 1 heterocycles. The molecule has 0 aromatic heterocycles. The third-order valence-electron chi connectivity index (χ3n) is 6.22. The highest BCUT2D eigenvalue weighted by Crippen LogP contribution is 2.29. The van der Waals surface area contributed by atoms with Gasteiger partial charge in [-0.1, -0.05) is 87.9 Å². The van der Waals surface area contributed by atoms with Gasteiger partial charge in [-0.25, -0.2) is 0 Å². The number of unbranched alkanes of at least 4 members (excludes halogenated alkanes) is 9. The van der Waals surface area contributed by atoms with E-state index in [-0.39, 0.29) is 0 Å². The smallest absolute Gasteiger partial charge is 0.161 e. The first-order valence-corrected chi connectivity index (χ1v) is 12.6.